The van der Waals surface area contributed by atoms with E-state index in [-0.39, 0.29) is 11.4 Å². The molecule has 0 spiro atoms. The van der Waals surface area contributed by atoms with Gasteiger partial charge in [-0.1, -0.05) is 31.0 Å². The van der Waals surface area contributed by atoms with E-state index in [1.165, 1.54) is 19.2 Å². The molecule has 1 fully saturated rings. The van der Waals surface area contributed by atoms with Gasteiger partial charge in [0.2, 0.25) is 0 Å². The highest BCUT2D eigenvalue weighted by Crippen LogP contribution is 2.30. The van der Waals surface area contributed by atoms with Crippen molar-refractivity contribution in [1.82, 2.24) is 15.2 Å². The number of nitrogens with zero attached hydrogens (tertiary/aromatic N) is 2. The number of H-pyrrole nitrogens is 1. The molecule has 2 atom stereocenters. The van der Waals surface area contributed by atoms with E-state index in [0.29, 0.717) is 0 Å². The molecule has 2 N–H and O–H groups in total. The summed E-state index contributed by atoms with van der Waals surface area (Å²) in [6.07, 6.45) is 6.92. The van der Waals surface area contributed by atoms with E-state index in [9.17, 15) is 5.11 Å². The SMILES string of the molecule is OC1CCCCCC1Sc1ncn[nH]1. The summed E-state index contributed by atoms with van der Waals surface area (Å²) < 4.78 is 0. The Hall–Kier alpha value is -0.550. The molecular formula is C9H15N3OS. The molecule has 0 bridgehead atoms. The zero-order chi connectivity index (χ0) is 9.80. The lowest BCUT2D eigenvalue weighted by molar-refractivity contribution is 0.163. The van der Waals surface area contributed by atoms with E-state index >= 15 is 0 Å². The van der Waals surface area contributed by atoms with Crippen LogP contribution in [0.25, 0.3) is 0 Å². The Morgan fingerprint density at radius 2 is 2.21 bits per heavy atom. The number of aliphatic hydroxyl groups excluding tert-OH is 1. The molecular weight excluding hydrogens is 198 g/mol. The third-order valence-corrected chi connectivity index (χ3v) is 3.85. The van der Waals surface area contributed by atoms with Crippen LogP contribution in [0.5, 0.6) is 0 Å². The van der Waals surface area contributed by atoms with Gasteiger partial charge in [0.25, 0.3) is 0 Å². The summed E-state index contributed by atoms with van der Waals surface area (Å²) in [6, 6.07) is 0. The molecule has 1 aromatic rings. The molecule has 4 nitrogen and oxygen atoms in total. The first kappa shape index (κ1) is 9.98. The van der Waals surface area contributed by atoms with Gasteiger partial charge in [-0.2, -0.15) is 5.10 Å². The Labute approximate surface area is 87.5 Å². The predicted octanol–water partition coefficient (Wildman–Crippen LogP) is 1.59. The molecule has 78 valence electrons. The van der Waals surface area contributed by atoms with Crippen molar-refractivity contribution in [3.8, 4) is 0 Å². The molecule has 1 aliphatic rings. The molecule has 5 heteroatoms. The number of nitrogens with one attached hydrogen (secondary N) is 1. The van der Waals surface area contributed by atoms with E-state index in [4.69, 9.17) is 0 Å². The molecule has 0 aliphatic heterocycles. The molecule has 0 saturated heterocycles. The van der Waals surface area contributed by atoms with Gasteiger partial charge in [0, 0.05) is 5.25 Å². The Morgan fingerprint density at radius 1 is 1.36 bits per heavy atom. The Bertz CT molecular complexity index is 265. The van der Waals surface area contributed by atoms with Crippen LogP contribution in [0.4, 0.5) is 0 Å². The van der Waals surface area contributed by atoms with E-state index in [2.05, 4.69) is 15.2 Å². The first-order chi connectivity index (χ1) is 6.86. The van der Waals surface area contributed by atoms with Crippen LogP contribution in [0.2, 0.25) is 0 Å². The molecule has 0 aromatic carbocycles. The summed E-state index contributed by atoms with van der Waals surface area (Å²) in [5.74, 6) is 0. The van der Waals surface area contributed by atoms with Crippen molar-refractivity contribution < 1.29 is 5.11 Å². The molecule has 1 heterocycles. The zero-order valence-electron chi connectivity index (χ0n) is 8.02. The number of aromatic nitrogens is 3. The standard InChI is InChI=1S/C9H15N3OS/c13-7-4-2-1-3-5-8(7)14-9-10-6-11-12-9/h6-8,13H,1-5H2,(H,10,11,12). The fourth-order valence-corrected chi connectivity index (χ4v) is 2.86. The van der Waals surface area contributed by atoms with E-state index in [1.54, 1.807) is 11.8 Å². The number of hydrogen-bond donors (Lipinski definition) is 2. The minimum Gasteiger partial charge on any atom is -0.392 e. The second-order valence-electron chi connectivity index (χ2n) is 3.65. The van der Waals surface area contributed by atoms with Crippen LogP contribution in [0.1, 0.15) is 32.1 Å². The van der Waals surface area contributed by atoms with Gasteiger partial charge in [0.05, 0.1) is 6.10 Å². The van der Waals surface area contributed by atoms with Crippen molar-refractivity contribution in [3.63, 3.8) is 0 Å². The highest BCUT2D eigenvalue weighted by atomic mass is 32.2. The minimum atomic E-state index is -0.187. The number of thioether (sulfide) groups is 1. The normalized spacial score (nSPS) is 28.6. The molecule has 2 rings (SSSR count). The summed E-state index contributed by atoms with van der Waals surface area (Å²) in [6.45, 7) is 0. The lowest BCUT2D eigenvalue weighted by Crippen LogP contribution is -2.21. The first-order valence-corrected chi connectivity index (χ1v) is 5.94. The van der Waals surface area contributed by atoms with Gasteiger partial charge in [-0.25, -0.2) is 4.98 Å². The van der Waals surface area contributed by atoms with Crippen LogP contribution in [-0.4, -0.2) is 31.6 Å². The van der Waals surface area contributed by atoms with E-state index < -0.39 is 0 Å². The molecule has 1 aliphatic carbocycles. The van der Waals surface area contributed by atoms with Crippen LogP contribution in [0, 0.1) is 0 Å². The monoisotopic (exact) mass is 213 g/mol. The van der Waals surface area contributed by atoms with Crippen molar-refractivity contribution in [2.24, 2.45) is 0 Å². The summed E-state index contributed by atoms with van der Waals surface area (Å²) in [5.41, 5.74) is 0. The summed E-state index contributed by atoms with van der Waals surface area (Å²) in [5, 5.41) is 17.6. The lowest BCUT2D eigenvalue weighted by Gasteiger charge is -2.17. The number of rotatable bonds is 2. The minimum absolute atomic E-state index is 0.187. The summed E-state index contributed by atoms with van der Waals surface area (Å²) >= 11 is 1.61. The van der Waals surface area contributed by atoms with Crippen molar-refractivity contribution in [2.45, 2.75) is 48.6 Å². The maximum atomic E-state index is 9.86. The summed E-state index contributed by atoms with van der Waals surface area (Å²) in [7, 11) is 0. The maximum Gasteiger partial charge on any atom is 0.183 e. The van der Waals surface area contributed by atoms with Gasteiger partial charge in [-0.15, -0.1) is 0 Å². The maximum absolute atomic E-state index is 9.86. The highest BCUT2D eigenvalue weighted by Gasteiger charge is 2.23. The summed E-state index contributed by atoms with van der Waals surface area (Å²) in [4.78, 5) is 4.06. The Balaban J connectivity index is 1.94. The number of hydrogen-bond acceptors (Lipinski definition) is 4. The van der Waals surface area contributed by atoms with Gasteiger partial charge in [0.1, 0.15) is 6.33 Å². The largest absolute Gasteiger partial charge is 0.392 e. The zero-order valence-corrected chi connectivity index (χ0v) is 8.83. The lowest BCUT2D eigenvalue weighted by atomic mass is 10.1. The second-order valence-corrected chi connectivity index (χ2v) is 4.88. The average molecular weight is 213 g/mol. The topological polar surface area (TPSA) is 61.8 Å². The van der Waals surface area contributed by atoms with Gasteiger partial charge < -0.3 is 5.11 Å². The third kappa shape index (κ3) is 2.48. The highest BCUT2D eigenvalue weighted by molar-refractivity contribution is 7.99. The Morgan fingerprint density at radius 3 is 3.00 bits per heavy atom. The van der Waals surface area contributed by atoms with Gasteiger partial charge in [0.15, 0.2) is 5.16 Å². The van der Waals surface area contributed by atoms with Crippen LogP contribution >= 0.6 is 11.8 Å². The van der Waals surface area contributed by atoms with Crippen molar-refractivity contribution in [1.29, 1.82) is 0 Å². The third-order valence-electron chi connectivity index (χ3n) is 2.57. The van der Waals surface area contributed by atoms with Gasteiger partial charge >= 0.3 is 0 Å². The van der Waals surface area contributed by atoms with Crippen LogP contribution in [0.3, 0.4) is 0 Å². The number of aromatic amines is 1. The van der Waals surface area contributed by atoms with Crippen molar-refractivity contribution >= 4 is 11.8 Å². The van der Waals surface area contributed by atoms with Crippen molar-refractivity contribution in [2.75, 3.05) is 0 Å². The smallest absolute Gasteiger partial charge is 0.183 e. The second kappa shape index (κ2) is 4.79. The van der Waals surface area contributed by atoms with E-state index in [0.717, 1.165) is 24.4 Å². The van der Waals surface area contributed by atoms with Gasteiger partial charge in [-0.05, 0) is 12.8 Å². The molecule has 2 unspecified atom stereocenters. The molecule has 0 radical (unpaired) electrons. The molecule has 1 saturated carbocycles. The first-order valence-electron chi connectivity index (χ1n) is 5.06. The van der Waals surface area contributed by atoms with Crippen molar-refractivity contribution in [3.05, 3.63) is 6.33 Å². The molecule has 14 heavy (non-hydrogen) atoms. The van der Waals surface area contributed by atoms with Crippen LogP contribution in [0.15, 0.2) is 11.5 Å². The molecule has 1 aromatic heterocycles. The van der Waals surface area contributed by atoms with E-state index in [1.807, 2.05) is 0 Å². The van der Waals surface area contributed by atoms with Crippen LogP contribution < -0.4 is 0 Å². The van der Waals surface area contributed by atoms with Crippen LogP contribution in [-0.2, 0) is 0 Å². The average Bonchev–Trinajstić information content (AvgIpc) is 2.60. The fourth-order valence-electron chi connectivity index (χ4n) is 1.79. The Kier molecular flexibility index (Phi) is 3.42. The number of aliphatic hydroxyl groups is 1. The fraction of sp³-hybridized carbons (Fsp3) is 0.778. The molecule has 0 amide bonds. The van der Waals surface area contributed by atoms with Gasteiger partial charge in [-0.3, -0.25) is 5.10 Å². The quantitative estimate of drug-likeness (QED) is 0.732. The predicted molar refractivity (Wildman–Crippen MR) is 55.1 cm³/mol.